The van der Waals surface area contributed by atoms with Gasteiger partial charge in [-0.25, -0.2) is 9.18 Å². The Balaban J connectivity index is 1.98. The molecule has 1 amide bonds. The summed E-state index contributed by atoms with van der Waals surface area (Å²) in [6.07, 6.45) is -5.32. The highest BCUT2D eigenvalue weighted by Crippen LogP contribution is 2.35. The van der Waals surface area contributed by atoms with Crippen molar-refractivity contribution in [1.29, 1.82) is 0 Å². The molecule has 148 valence electrons. The van der Waals surface area contributed by atoms with Crippen LogP contribution < -0.4 is 5.32 Å². The van der Waals surface area contributed by atoms with E-state index in [0.717, 1.165) is 11.0 Å². The first-order valence-electron chi connectivity index (χ1n) is 7.73. The van der Waals surface area contributed by atoms with Gasteiger partial charge < -0.3 is 15.3 Å². The number of aliphatic carboxylic acids is 1. The van der Waals surface area contributed by atoms with Crippen LogP contribution in [0.1, 0.15) is 18.4 Å². The summed E-state index contributed by atoms with van der Waals surface area (Å²) in [6.45, 7) is -0.836. The number of likely N-dealkylation sites (tertiary alicyclic amines) is 1. The lowest BCUT2D eigenvalue weighted by Gasteiger charge is -2.18. The number of alkyl halides is 4. The van der Waals surface area contributed by atoms with E-state index < -0.39 is 46.4 Å². The molecule has 2 rings (SSSR count). The Morgan fingerprint density at radius 3 is 2.56 bits per heavy atom. The molecule has 27 heavy (non-hydrogen) atoms. The van der Waals surface area contributed by atoms with Crippen LogP contribution in [0.2, 0.25) is 0 Å². The summed E-state index contributed by atoms with van der Waals surface area (Å²) in [6, 6.07) is 1.94. The molecule has 1 heterocycles. The lowest BCUT2D eigenvalue weighted by atomic mass is 10.1. The van der Waals surface area contributed by atoms with Crippen LogP contribution in [0.4, 0.5) is 28.9 Å². The third kappa shape index (κ3) is 4.63. The number of anilines is 1. The zero-order chi connectivity index (χ0) is 20.4. The number of nitrogens with one attached hydrogen (secondary N) is 1. The van der Waals surface area contributed by atoms with Crippen LogP contribution in [0, 0.1) is 10.1 Å². The van der Waals surface area contributed by atoms with Crippen LogP contribution in [-0.4, -0.2) is 52.1 Å². The van der Waals surface area contributed by atoms with Gasteiger partial charge in [0.25, 0.3) is 5.69 Å². The number of carboxylic acid groups (broad SMARTS) is 1. The topological polar surface area (TPSA) is 113 Å². The van der Waals surface area contributed by atoms with Crippen molar-refractivity contribution in [1.82, 2.24) is 4.90 Å². The number of carboxylic acids is 1. The number of rotatable bonds is 6. The molecule has 2 N–H and O–H groups in total. The Morgan fingerprint density at radius 2 is 2.04 bits per heavy atom. The molecule has 12 heteroatoms. The van der Waals surface area contributed by atoms with Crippen LogP contribution >= 0.6 is 0 Å². The summed E-state index contributed by atoms with van der Waals surface area (Å²) in [4.78, 5) is 33.8. The average Bonchev–Trinajstić information content (AvgIpc) is 2.98. The summed E-state index contributed by atoms with van der Waals surface area (Å²) >= 11 is 0. The number of hydrogen-bond acceptors (Lipinski definition) is 5. The number of benzene rings is 1. The Morgan fingerprint density at radius 1 is 1.37 bits per heavy atom. The maximum absolute atomic E-state index is 13.9. The van der Waals surface area contributed by atoms with Crippen molar-refractivity contribution in [2.75, 3.05) is 25.0 Å². The number of carbonyl (C=O) groups excluding carboxylic acids is 1. The molecule has 1 aromatic rings. The molecule has 0 aliphatic carbocycles. The summed E-state index contributed by atoms with van der Waals surface area (Å²) in [5.74, 6) is -2.23. The van der Waals surface area contributed by atoms with E-state index in [1.165, 1.54) is 0 Å². The van der Waals surface area contributed by atoms with Gasteiger partial charge in [0.2, 0.25) is 11.6 Å². The van der Waals surface area contributed by atoms with Gasteiger partial charge in [-0.3, -0.25) is 14.9 Å². The molecule has 0 saturated carbocycles. The quantitative estimate of drug-likeness (QED) is 0.436. The fourth-order valence-corrected chi connectivity index (χ4v) is 2.63. The smallest absolute Gasteiger partial charge is 0.416 e. The van der Waals surface area contributed by atoms with Gasteiger partial charge in [-0.05, 0) is 12.1 Å². The van der Waals surface area contributed by atoms with Gasteiger partial charge in [0.15, 0.2) is 0 Å². The van der Waals surface area contributed by atoms with E-state index in [1.807, 2.05) is 0 Å². The monoisotopic (exact) mass is 393 g/mol. The number of hydrogen-bond donors (Lipinski definition) is 2. The Hall–Kier alpha value is -2.92. The van der Waals surface area contributed by atoms with E-state index >= 15 is 0 Å². The molecule has 1 atom stereocenters. The maximum atomic E-state index is 13.9. The largest absolute Gasteiger partial charge is 0.479 e. The highest BCUT2D eigenvalue weighted by molar-refractivity contribution is 5.82. The first-order chi connectivity index (χ1) is 12.4. The predicted molar refractivity (Wildman–Crippen MR) is 83.9 cm³/mol. The van der Waals surface area contributed by atoms with E-state index in [4.69, 9.17) is 5.11 Å². The minimum Gasteiger partial charge on any atom is -0.479 e. The van der Waals surface area contributed by atoms with Crippen molar-refractivity contribution in [3.8, 4) is 0 Å². The fourth-order valence-electron chi connectivity index (χ4n) is 2.63. The van der Waals surface area contributed by atoms with Gasteiger partial charge in [0, 0.05) is 32.0 Å². The highest BCUT2D eigenvalue weighted by atomic mass is 19.4. The first kappa shape index (κ1) is 20.4. The average molecular weight is 393 g/mol. The summed E-state index contributed by atoms with van der Waals surface area (Å²) in [5, 5.41) is 22.3. The normalized spacial score (nSPS) is 19.8. The van der Waals surface area contributed by atoms with Gasteiger partial charge >= 0.3 is 12.1 Å². The first-order valence-corrected chi connectivity index (χ1v) is 7.73. The second kappa shape index (κ2) is 7.37. The van der Waals surface area contributed by atoms with Crippen LogP contribution in [0.15, 0.2) is 18.2 Å². The number of nitro groups is 1. The third-order valence-corrected chi connectivity index (χ3v) is 4.13. The van der Waals surface area contributed by atoms with Crippen molar-refractivity contribution in [2.45, 2.75) is 24.7 Å². The number of nitro benzene ring substituents is 1. The summed E-state index contributed by atoms with van der Waals surface area (Å²) < 4.78 is 51.9. The molecule has 1 unspecified atom stereocenters. The van der Waals surface area contributed by atoms with E-state index in [2.05, 4.69) is 5.32 Å². The summed E-state index contributed by atoms with van der Waals surface area (Å²) in [5.41, 5.74) is -4.68. The molecule has 1 aliphatic rings. The van der Waals surface area contributed by atoms with Crippen LogP contribution in [0.5, 0.6) is 0 Å². The van der Waals surface area contributed by atoms with Crippen LogP contribution in [0.3, 0.4) is 0 Å². The predicted octanol–water partition coefficient (Wildman–Crippen LogP) is 2.44. The summed E-state index contributed by atoms with van der Waals surface area (Å²) in [7, 11) is 0. The SMILES string of the molecule is O=C(CCNc1ccc(C(F)(F)F)cc1[N+](=O)[O-])N1CCC(F)(C(=O)O)C1. The van der Waals surface area contributed by atoms with Crippen molar-refractivity contribution in [3.05, 3.63) is 33.9 Å². The number of halogens is 4. The lowest BCUT2D eigenvalue weighted by molar-refractivity contribution is -0.384. The molecule has 0 spiro atoms. The van der Waals surface area contributed by atoms with Crippen molar-refractivity contribution >= 4 is 23.3 Å². The molecule has 1 aromatic carbocycles. The molecule has 1 aliphatic heterocycles. The molecule has 1 saturated heterocycles. The number of carbonyl (C=O) groups is 2. The number of nitrogens with zero attached hydrogens (tertiary/aromatic N) is 2. The van der Waals surface area contributed by atoms with Gasteiger partial charge in [-0.1, -0.05) is 0 Å². The van der Waals surface area contributed by atoms with Gasteiger partial charge in [0.1, 0.15) is 5.69 Å². The number of amides is 1. The van der Waals surface area contributed by atoms with Crippen LogP contribution in [-0.2, 0) is 15.8 Å². The second-order valence-corrected chi connectivity index (χ2v) is 6.00. The van der Waals surface area contributed by atoms with E-state index in [-0.39, 0.29) is 31.6 Å². The zero-order valence-corrected chi connectivity index (χ0v) is 13.8. The van der Waals surface area contributed by atoms with E-state index in [9.17, 15) is 37.3 Å². The van der Waals surface area contributed by atoms with E-state index in [1.54, 1.807) is 0 Å². The minimum absolute atomic E-state index is 0.0813. The maximum Gasteiger partial charge on any atom is 0.416 e. The van der Waals surface area contributed by atoms with Crippen LogP contribution in [0.25, 0.3) is 0 Å². The van der Waals surface area contributed by atoms with Gasteiger partial charge in [-0.2, -0.15) is 13.2 Å². The minimum atomic E-state index is -4.74. The van der Waals surface area contributed by atoms with E-state index in [0.29, 0.717) is 12.1 Å². The van der Waals surface area contributed by atoms with Gasteiger partial charge in [0.05, 0.1) is 17.0 Å². The van der Waals surface area contributed by atoms with Crippen molar-refractivity contribution in [3.63, 3.8) is 0 Å². The Kier molecular flexibility index (Phi) is 5.56. The lowest BCUT2D eigenvalue weighted by Crippen LogP contribution is -2.39. The van der Waals surface area contributed by atoms with Gasteiger partial charge in [-0.15, -0.1) is 0 Å². The highest BCUT2D eigenvalue weighted by Gasteiger charge is 2.46. The molecule has 8 nitrogen and oxygen atoms in total. The molecular weight excluding hydrogens is 378 g/mol. The molecule has 0 radical (unpaired) electrons. The molecule has 1 fully saturated rings. The molecular formula is C15H15F4N3O5. The zero-order valence-electron chi connectivity index (χ0n) is 13.8. The van der Waals surface area contributed by atoms with Crippen molar-refractivity contribution < 1.29 is 37.2 Å². The van der Waals surface area contributed by atoms with Crippen molar-refractivity contribution in [2.24, 2.45) is 0 Å². The molecule has 0 aromatic heterocycles. The second-order valence-electron chi connectivity index (χ2n) is 6.00. The fraction of sp³-hybridized carbons (Fsp3) is 0.467. The standard InChI is InChI=1S/C15H15F4N3O5/c16-14(13(24)25)4-6-21(8-14)12(23)3-5-20-10-2-1-9(15(17,18)19)7-11(10)22(26)27/h1-2,7,20H,3-6,8H2,(H,24,25). The Bertz CT molecular complexity index is 770. The molecule has 0 bridgehead atoms. The third-order valence-electron chi connectivity index (χ3n) is 4.13. The Labute approximate surface area is 149 Å².